The smallest absolute Gasteiger partial charge is 0.224 e. The molecule has 1 aromatic heterocycles. The lowest BCUT2D eigenvalue weighted by Gasteiger charge is -2.23. The second kappa shape index (κ2) is 7.24. The number of benzene rings is 1. The lowest BCUT2D eigenvalue weighted by atomic mass is 10.1. The fourth-order valence-electron chi connectivity index (χ4n) is 2.18. The second-order valence-corrected chi connectivity index (χ2v) is 6.20. The van der Waals surface area contributed by atoms with Crippen LogP contribution in [-0.4, -0.2) is 31.4 Å². The van der Waals surface area contributed by atoms with E-state index in [0.29, 0.717) is 18.7 Å². The molecule has 1 heterocycles. The summed E-state index contributed by atoms with van der Waals surface area (Å²) in [5.41, 5.74) is 7.34. The molecule has 0 radical (unpaired) electrons. The zero-order chi connectivity index (χ0) is 15.2. The number of nitrogens with two attached hydrogens (primary N) is 1. The molecule has 2 aromatic rings. The number of anilines is 1. The monoisotopic (exact) mass is 303 g/mol. The van der Waals surface area contributed by atoms with Crippen molar-refractivity contribution in [3.63, 3.8) is 0 Å². The molecule has 0 aliphatic carbocycles. The number of thiophene rings is 1. The molecular formula is C16H21N3OS. The van der Waals surface area contributed by atoms with Gasteiger partial charge in [0.2, 0.25) is 5.91 Å². The van der Waals surface area contributed by atoms with Crippen molar-refractivity contribution < 1.29 is 4.79 Å². The summed E-state index contributed by atoms with van der Waals surface area (Å²) in [7, 11) is 4.04. The first-order chi connectivity index (χ1) is 10.1. The molecule has 0 aliphatic rings. The van der Waals surface area contributed by atoms with Gasteiger partial charge in [-0.15, -0.1) is 11.3 Å². The van der Waals surface area contributed by atoms with E-state index in [2.05, 4.69) is 21.7 Å². The van der Waals surface area contributed by atoms with Crippen molar-refractivity contribution in [2.45, 2.75) is 12.5 Å². The third-order valence-corrected chi connectivity index (χ3v) is 4.28. The number of carbonyl (C=O) groups excluding carboxylic acids is 1. The van der Waals surface area contributed by atoms with Crippen LogP contribution in [0.5, 0.6) is 0 Å². The Morgan fingerprint density at radius 1 is 1.33 bits per heavy atom. The standard InChI is InChI=1S/C16H21N3OS/c1-19(2)14(15-7-4-8-21-15)11-18-16(20)10-12-5-3-6-13(17)9-12/h3-9,14H,10-11,17H2,1-2H3,(H,18,20). The molecule has 1 atom stereocenters. The van der Waals surface area contributed by atoms with Gasteiger partial charge in [0.1, 0.15) is 0 Å². The second-order valence-electron chi connectivity index (χ2n) is 5.22. The first-order valence-corrected chi connectivity index (χ1v) is 7.75. The van der Waals surface area contributed by atoms with Crippen molar-refractivity contribution in [3.05, 3.63) is 52.2 Å². The van der Waals surface area contributed by atoms with Crippen molar-refractivity contribution in [2.24, 2.45) is 0 Å². The van der Waals surface area contributed by atoms with Crippen LogP contribution in [0.25, 0.3) is 0 Å². The van der Waals surface area contributed by atoms with Gasteiger partial charge in [0, 0.05) is 17.1 Å². The third kappa shape index (κ3) is 4.58. The highest BCUT2D eigenvalue weighted by Gasteiger charge is 2.16. The van der Waals surface area contributed by atoms with Crippen LogP contribution in [0.2, 0.25) is 0 Å². The molecule has 0 aliphatic heterocycles. The number of rotatable bonds is 6. The summed E-state index contributed by atoms with van der Waals surface area (Å²) in [6.45, 7) is 0.606. The van der Waals surface area contributed by atoms with E-state index in [4.69, 9.17) is 5.73 Å². The summed E-state index contributed by atoms with van der Waals surface area (Å²) >= 11 is 1.71. The Balaban J connectivity index is 1.90. The van der Waals surface area contributed by atoms with Crippen molar-refractivity contribution in [2.75, 3.05) is 26.4 Å². The van der Waals surface area contributed by atoms with Crippen LogP contribution >= 0.6 is 11.3 Å². The van der Waals surface area contributed by atoms with Gasteiger partial charge in [0.25, 0.3) is 0 Å². The zero-order valence-corrected chi connectivity index (χ0v) is 13.2. The van der Waals surface area contributed by atoms with Crippen LogP contribution in [0, 0.1) is 0 Å². The maximum Gasteiger partial charge on any atom is 0.224 e. The number of nitrogen functional groups attached to an aromatic ring is 1. The highest BCUT2D eigenvalue weighted by molar-refractivity contribution is 7.10. The van der Waals surface area contributed by atoms with E-state index >= 15 is 0 Å². The quantitative estimate of drug-likeness (QED) is 0.805. The van der Waals surface area contributed by atoms with E-state index in [1.165, 1.54) is 4.88 Å². The van der Waals surface area contributed by atoms with Gasteiger partial charge >= 0.3 is 0 Å². The Hall–Kier alpha value is -1.85. The summed E-state index contributed by atoms with van der Waals surface area (Å²) in [5, 5.41) is 5.06. The van der Waals surface area contributed by atoms with Crippen LogP contribution in [0.15, 0.2) is 41.8 Å². The molecule has 1 amide bonds. The summed E-state index contributed by atoms with van der Waals surface area (Å²) in [5.74, 6) is 0.0176. The molecule has 0 spiro atoms. The van der Waals surface area contributed by atoms with Crippen molar-refractivity contribution in [1.82, 2.24) is 10.2 Å². The van der Waals surface area contributed by atoms with Gasteiger partial charge in [-0.2, -0.15) is 0 Å². The molecule has 21 heavy (non-hydrogen) atoms. The lowest BCUT2D eigenvalue weighted by Crippen LogP contribution is -2.34. The van der Waals surface area contributed by atoms with Crippen LogP contribution in [0.1, 0.15) is 16.5 Å². The summed E-state index contributed by atoms with van der Waals surface area (Å²) in [4.78, 5) is 15.4. The molecular weight excluding hydrogens is 282 g/mol. The summed E-state index contributed by atoms with van der Waals surface area (Å²) < 4.78 is 0. The van der Waals surface area contributed by atoms with Crippen molar-refractivity contribution in [1.29, 1.82) is 0 Å². The molecule has 0 bridgehead atoms. The number of amides is 1. The highest BCUT2D eigenvalue weighted by Crippen LogP contribution is 2.22. The van der Waals surface area contributed by atoms with Crippen LogP contribution in [0.3, 0.4) is 0 Å². The molecule has 4 nitrogen and oxygen atoms in total. The molecule has 0 fully saturated rings. The van der Waals surface area contributed by atoms with Crippen LogP contribution in [0.4, 0.5) is 5.69 Å². The van der Waals surface area contributed by atoms with E-state index in [1.807, 2.05) is 44.4 Å². The predicted molar refractivity (Wildman–Crippen MR) is 88.3 cm³/mol. The van der Waals surface area contributed by atoms with Crippen LogP contribution in [-0.2, 0) is 11.2 Å². The number of nitrogens with zero attached hydrogens (tertiary/aromatic N) is 1. The Labute approximate surface area is 129 Å². The average molecular weight is 303 g/mol. The maximum atomic E-state index is 12.1. The molecule has 5 heteroatoms. The Bertz CT molecular complexity index is 581. The average Bonchev–Trinajstić information content (AvgIpc) is 2.92. The minimum absolute atomic E-state index is 0.0176. The van der Waals surface area contributed by atoms with E-state index in [1.54, 1.807) is 11.3 Å². The number of carbonyl (C=O) groups is 1. The normalized spacial score (nSPS) is 12.3. The SMILES string of the molecule is CN(C)C(CNC(=O)Cc1cccc(N)c1)c1cccs1. The molecule has 112 valence electrons. The van der Waals surface area contributed by atoms with Gasteiger partial charge in [-0.05, 0) is 43.2 Å². The van der Waals surface area contributed by atoms with Crippen molar-refractivity contribution in [3.8, 4) is 0 Å². The fraction of sp³-hybridized carbons (Fsp3) is 0.312. The van der Waals surface area contributed by atoms with Gasteiger partial charge in [0.15, 0.2) is 0 Å². The molecule has 0 saturated carbocycles. The predicted octanol–water partition coefficient (Wildman–Crippen LogP) is 2.29. The van der Waals surface area contributed by atoms with E-state index in [9.17, 15) is 4.79 Å². The summed E-state index contributed by atoms with van der Waals surface area (Å²) in [6, 6.07) is 11.8. The molecule has 1 aromatic carbocycles. The van der Waals surface area contributed by atoms with E-state index in [0.717, 1.165) is 5.56 Å². The number of hydrogen-bond acceptors (Lipinski definition) is 4. The third-order valence-electron chi connectivity index (χ3n) is 3.30. The summed E-state index contributed by atoms with van der Waals surface area (Å²) in [6.07, 6.45) is 0.357. The van der Waals surface area contributed by atoms with Crippen molar-refractivity contribution >= 4 is 22.9 Å². The van der Waals surface area contributed by atoms with E-state index < -0.39 is 0 Å². The highest BCUT2D eigenvalue weighted by atomic mass is 32.1. The minimum atomic E-state index is 0.0176. The molecule has 3 N–H and O–H groups in total. The van der Waals surface area contributed by atoms with Gasteiger partial charge in [-0.25, -0.2) is 0 Å². The number of likely N-dealkylation sites (N-methyl/N-ethyl adjacent to an activating group) is 1. The molecule has 2 rings (SSSR count). The first-order valence-electron chi connectivity index (χ1n) is 6.87. The number of nitrogens with one attached hydrogen (secondary N) is 1. The Morgan fingerprint density at radius 2 is 2.14 bits per heavy atom. The van der Waals surface area contributed by atoms with Gasteiger partial charge in [0.05, 0.1) is 12.5 Å². The number of hydrogen-bond donors (Lipinski definition) is 2. The topological polar surface area (TPSA) is 58.4 Å². The fourth-order valence-corrected chi connectivity index (χ4v) is 3.10. The Kier molecular flexibility index (Phi) is 5.36. The minimum Gasteiger partial charge on any atom is -0.399 e. The van der Waals surface area contributed by atoms with Gasteiger partial charge < -0.3 is 16.0 Å². The zero-order valence-electron chi connectivity index (χ0n) is 12.4. The molecule has 1 unspecified atom stereocenters. The van der Waals surface area contributed by atoms with Gasteiger partial charge in [-0.1, -0.05) is 18.2 Å². The Morgan fingerprint density at radius 3 is 2.76 bits per heavy atom. The molecule has 0 saturated heterocycles. The van der Waals surface area contributed by atoms with Crippen LogP contribution < -0.4 is 11.1 Å². The van der Waals surface area contributed by atoms with E-state index in [-0.39, 0.29) is 11.9 Å². The lowest BCUT2D eigenvalue weighted by molar-refractivity contribution is -0.120. The largest absolute Gasteiger partial charge is 0.399 e. The van der Waals surface area contributed by atoms with Gasteiger partial charge in [-0.3, -0.25) is 4.79 Å². The first kappa shape index (κ1) is 15.5. The maximum absolute atomic E-state index is 12.1.